The van der Waals surface area contributed by atoms with Gasteiger partial charge in [0.05, 0.1) is 22.1 Å². The summed E-state index contributed by atoms with van der Waals surface area (Å²) in [5.41, 5.74) is 15.7. The lowest BCUT2D eigenvalue weighted by atomic mass is 9.59. The van der Waals surface area contributed by atoms with Crippen LogP contribution >= 0.6 is 11.8 Å². The molecule has 0 saturated carbocycles. The predicted octanol–water partition coefficient (Wildman–Crippen LogP) is 17.3. The summed E-state index contributed by atoms with van der Waals surface area (Å²) < 4.78 is 8.88. The number of benzene rings is 11. The normalized spacial score (nSPS) is 13.4. The van der Waals surface area contributed by atoms with Crippen molar-refractivity contribution in [3.05, 3.63) is 253 Å². The van der Waals surface area contributed by atoms with Crippen LogP contribution in [-0.4, -0.2) is 4.57 Å². The van der Waals surface area contributed by atoms with Crippen LogP contribution in [0.1, 0.15) is 22.3 Å². The SMILES string of the molecule is c1ccc2c(c1)Sc1ccccc1C21c2cc(N(c3ccc4oc5ccccc5c4c3)c3ccc4c(c3)c3ccccc3n4-c3cccc4ccccc34)ccc2-c2cccc3cccc1c23. The number of para-hydroxylation sites is 2. The Hall–Kier alpha value is -8.31. The van der Waals surface area contributed by atoms with Crippen molar-refractivity contribution in [2.45, 2.75) is 15.2 Å². The molecule has 1 aliphatic heterocycles. The number of rotatable bonds is 4. The van der Waals surface area contributed by atoms with E-state index in [1.54, 1.807) is 0 Å². The van der Waals surface area contributed by atoms with E-state index in [4.69, 9.17) is 4.42 Å². The molecule has 312 valence electrons. The van der Waals surface area contributed by atoms with Gasteiger partial charge in [0.25, 0.3) is 0 Å². The third kappa shape index (κ3) is 5.08. The number of fused-ring (bicyclic) bond motifs is 15. The molecule has 2 aromatic heterocycles. The molecule has 1 spiro atoms. The highest BCUT2D eigenvalue weighted by Gasteiger charge is 2.48. The van der Waals surface area contributed by atoms with E-state index in [9.17, 15) is 0 Å². The summed E-state index contributed by atoms with van der Waals surface area (Å²) in [6.07, 6.45) is 0. The van der Waals surface area contributed by atoms with Gasteiger partial charge in [0.1, 0.15) is 11.2 Å². The molecule has 11 aromatic carbocycles. The standard InChI is InChI=1S/C63H38N2OS/c1-2-18-44-39(14-1)15-13-26-55(44)65-56-25-7-3-19-46(56)49-36-41(31-34-57(49)65)64(42-32-35-59-50(37-42)47-20-4-8-27-58(47)66-59)43-30-33-45-48-21-11-16-40-17-12-24-53(62(40)48)63(54(45)38-43)51-22-5-9-28-60(51)67-61-29-10-6-23-52(61)63/h1-38H. The Bertz CT molecular complexity index is 4180. The van der Waals surface area contributed by atoms with Crippen LogP contribution in [-0.2, 0) is 5.41 Å². The molecule has 67 heavy (non-hydrogen) atoms. The van der Waals surface area contributed by atoms with Crippen LogP contribution in [0.25, 0.3) is 82.1 Å². The zero-order chi connectivity index (χ0) is 43.8. The first-order chi connectivity index (χ1) is 33.2. The Morgan fingerprint density at radius 3 is 1.81 bits per heavy atom. The molecule has 4 heteroatoms. The summed E-state index contributed by atoms with van der Waals surface area (Å²) in [5, 5.41) is 9.64. The lowest BCUT2D eigenvalue weighted by Crippen LogP contribution is -2.36. The summed E-state index contributed by atoms with van der Waals surface area (Å²) >= 11 is 1.88. The van der Waals surface area contributed by atoms with Crippen molar-refractivity contribution in [2.24, 2.45) is 0 Å². The zero-order valence-corrected chi connectivity index (χ0v) is 37.0. The Morgan fingerprint density at radius 2 is 0.955 bits per heavy atom. The number of nitrogens with zero attached hydrogens (tertiary/aromatic N) is 2. The van der Waals surface area contributed by atoms with Crippen molar-refractivity contribution in [1.29, 1.82) is 0 Å². The molecule has 1 aliphatic carbocycles. The summed E-state index contributed by atoms with van der Waals surface area (Å²) in [6, 6.07) is 85.4. The van der Waals surface area contributed by atoms with Gasteiger partial charge in [-0.25, -0.2) is 0 Å². The van der Waals surface area contributed by atoms with Crippen molar-refractivity contribution in [2.75, 3.05) is 4.90 Å². The minimum absolute atomic E-state index is 0.580. The van der Waals surface area contributed by atoms with E-state index < -0.39 is 5.41 Å². The van der Waals surface area contributed by atoms with Gasteiger partial charge in [-0.05, 0) is 128 Å². The minimum Gasteiger partial charge on any atom is -0.456 e. The highest BCUT2D eigenvalue weighted by atomic mass is 32.2. The van der Waals surface area contributed by atoms with Crippen molar-refractivity contribution in [3.63, 3.8) is 0 Å². The van der Waals surface area contributed by atoms with Gasteiger partial charge < -0.3 is 13.9 Å². The summed E-state index contributed by atoms with van der Waals surface area (Å²) in [4.78, 5) is 5.04. The second kappa shape index (κ2) is 13.9. The lowest BCUT2D eigenvalue weighted by Gasteiger charge is -2.46. The van der Waals surface area contributed by atoms with Crippen LogP contribution in [0, 0.1) is 0 Å². The molecule has 3 heterocycles. The van der Waals surface area contributed by atoms with E-state index in [2.05, 4.69) is 234 Å². The van der Waals surface area contributed by atoms with Gasteiger partial charge in [-0.15, -0.1) is 0 Å². The average molecular weight is 871 g/mol. The summed E-state index contributed by atoms with van der Waals surface area (Å²) in [7, 11) is 0. The maximum atomic E-state index is 6.43. The predicted molar refractivity (Wildman–Crippen MR) is 279 cm³/mol. The molecule has 2 aliphatic rings. The van der Waals surface area contributed by atoms with Crippen LogP contribution < -0.4 is 4.90 Å². The topological polar surface area (TPSA) is 21.3 Å². The lowest BCUT2D eigenvalue weighted by molar-refractivity contribution is 0.669. The molecule has 0 atom stereocenters. The average Bonchev–Trinajstić information content (AvgIpc) is 3.92. The van der Waals surface area contributed by atoms with Crippen molar-refractivity contribution < 1.29 is 4.42 Å². The van der Waals surface area contributed by atoms with Gasteiger partial charge >= 0.3 is 0 Å². The van der Waals surface area contributed by atoms with E-state index in [1.807, 2.05) is 17.8 Å². The molecule has 0 unspecified atom stereocenters. The van der Waals surface area contributed by atoms with E-state index in [0.717, 1.165) is 39.0 Å². The number of aromatic nitrogens is 1. The maximum Gasteiger partial charge on any atom is 0.135 e. The Balaban J connectivity index is 1.04. The molecule has 3 nitrogen and oxygen atoms in total. The first kappa shape index (κ1) is 37.0. The highest BCUT2D eigenvalue weighted by Crippen LogP contribution is 2.62. The third-order valence-corrected chi connectivity index (χ3v) is 15.8. The monoisotopic (exact) mass is 870 g/mol. The van der Waals surface area contributed by atoms with Crippen molar-refractivity contribution >= 4 is 94.1 Å². The molecular formula is C63H38N2OS. The van der Waals surface area contributed by atoms with E-state index in [1.165, 1.54) is 92.2 Å². The molecule has 0 N–H and O–H groups in total. The number of hydrogen-bond donors (Lipinski definition) is 0. The van der Waals surface area contributed by atoms with E-state index in [-0.39, 0.29) is 0 Å². The fourth-order valence-corrected chi connectivity index (χ4v) is 13.1. The molecule has 13 aromatic rings. The zero-order valence-electron chi connectivity index (χ0n) is 36.2. The molecule has 0 amide bonds. The van der Waals surface area contributed by atoms with Crippen LogP contribution in [0.15, 0.2) is 245 Å². The number of anilines is 3. The van der Waals surface area contributed by atoms with Crippen molar-refractivity contribution in [3.8, 4) is 16.8 Å². The van der Waals surface area contributed by atoms with Gasteiger partial charge in [0.15, 0.2) is 0 Å². The third-order valence-electron chi connectivity index (χ3n) is 14.6. The summed E-state index contributed by atoms with van der Waals surface area (Å²) in [5.74, 6) is 0. The Morgan fingerprint density at radius 1 is 0.373 bits per heavy atom. The van der Waals surface area contributed by atoms with E-state index >= 15 is 0 Å². The number of hydrogen-bond acceptors (Lipinski definition) is 3. The van der Waals surface area contributed by atoms with Crippen LogP contribution in [0.4, 0.5) is 17.1 Å². The number of furan rings is 1. The molecular weight excluding hydrogens is 833 g/mol. The summed E-state index contributed by atoms with van der Waals surface area (Å²) in [6.45, 7) is 0. The van der Waals surface area contributed by atoms with Crippen molar-refractivity contribution in [1.82, 2.24) is 4.57 Å². The fraction of sp³-hybridized carbons (Fsp3) is 0.0159. The molecule has 15 rings (SSSR count). The first-order valence-corrected chi connectivity index (χ1v) is 23.8. The quantitative estimate of drug-likeness (QED) is 0.176. The van der Waals surface area contributed by atoms with Gasteiger partial charge in [-0.2, -0.15) is 0 Å². The molecule has 0 radical (unpaired) electrons. The highest BCUT2D eigenvalue weighted by molar-refractivity contribution is 7.99. The Labute approximate surface area is 390 Å². The fourth-order valence-electron chi connectivity index (χ4n) is 11.9. The Kier molecular flexibility index (Phi) is 7.64. The van der Waals surface area contributed by atoms with E-state index in [0.29, 0.717) is 0 Å². The first-order valence-electron chi connectivity index (χ1n) is 23.0. The van der Waals surface area contributed by atoms with Gasteiger partial charge in [0, 0.05) is 53.8 Å². The smallest absolute Gasteiger partial charge is 0.135 e. The second-order valence-corrected chi connectivity index (χ2v) is 19.0. The van der Waals surface area contributed by atoms with Crippen LogP contribution in [0.3, 0.4) is 0 Å². The van der Waals surface area contributed by atoms with Gasteiger partial charge in [0.2, 0.25) is 0 Å². The maximum absolute atomic E-state index is 6.43. The minimum atomic E-state index is -0.580. The molecule has 0 saturated heterocycles. The second-order valence-electron chi connectivity index (χ2n) is 17.9. The molecule has 0 bridgehead atoms. The van der Waals surface area contributed by atoms with Gasteiger partial charge in [-0.3, -0.25) is 0 Å². The van der Waals surface area contributed by atoms with Gasteiger partial charge in [-0.1, -0.05) is 163 Å². The van der Waals surface area contributed by atoms with Crippen LogP contribution in [0.2, 0.25) is 0 Å². The molecule has 0 fully saturated rings. The van der Waals surface area contributed by atoms with Crippen LogP contribution in [0.5, 0.6) is 0 Å². The largest absolute Gasteiger partial charge is 0.456 e.